The lowest BCUT2D eigenvalue weighted by Gasteiger charge is -2.19. The first-order valence-corrected chi connectivity index (χ1v) is 8.98. The molecule has 0 amide bonds. The monoisotopic (exact) mass is 364 g/mol. The molecule has 6 nitrogen and oxygen atoms in total. The molecule has 0 atom stereocenters. The molecule has 0 spiro atoms. The fourth-order valence-electron chi connectivity index (χ4n) is 3.30. The summed E-state index contributed by atoms with van der Waals surface area (Å²) in [4.78, 5) is 4.70. The number of benzene rings is 1. The number of ether oxygens (including phenoxy) is 1. The molecule has 140 valence electrons. The summed E-state index contributed by atoms with van der Waals surface area (Å²) >= 11 is 0. The van der Waals surface area contributed by atoms with E-state index in [2.05, 4.69) is 18.0 Å². The average Bonchev–Trinajstić information content (AvgIpc) is 3.02. The third-order valence-corrected chi connectivity index (χ3v) is 4.49. The van der Waals surface area contributed by atoms with E-state index in [9.17, 15) is 5.26 Å². The summed E-state index contributed by atoms with van der Waals surface area (Å²) in [6.07, 6.45) is 0.669. The van der Waals surface area contributed by atoms with Crippen LogP contribution < -0.4 is 5.32 Å². The van der Waals surface area contributed by atoms with E-state index in [1.165, 1.54) is 0 Å². The van der Waals surface area contributed by atoms with E-state index in [-0.39, 0.29) is 6.61 Å². The molecule has 2 heterocycles. The van der Waals surface area contributed by atoms with Gasteiger partial charge in [0.15, 0.2) is 5.65 Å². The number of rotatable bonds is 8. The van der Waals surface area contributed by atoms with Gasteiger partial charge in [-0.05, 0) is 38.0 Å². The molecule has 0 aliphatic heterocycles. The van der Waals surface area contributed by atoms with Gasteiger partial charge >= 0.3 is 0 Å². The zero-order valence-electron chi connectivity index (χ0n) is 15.7. The Morgan fingerprint density at radius 3 is 2.85 bits per heavy atom. The molecule has 0 bridgehead atoms. The van der Waals surface area contributed by atoms with E-state index in [0.29, 0.717) is 37.4 Å². The first kappa shape index (κ1) is 18.9. The molecule has 2 N–H and O–H groups in total. The maximum Gasteiger partial charge on any atom is 0.157 e. The first-order valence-electron chi connectivity index (χ1n) is 8.98. The Bertz CT molecular complexity index is 1030. The quantitative estimate of drug-likeness (QED) is 0.474. The van der Waals surface area contributed by atoms with Crippen molar-refractivity contribution in [2.24, 2.45) is 0 Å². The van der Waals surface area contributed by atoms with Gasteiger partial charge in [0.25, 0.3) is 0 Å². The van der Waals surface area contributed by atoms with Crippen molar-refractivity contribution in [3.8, 4) is 6.07 Å². The highest BCUT2D eigenvalue weighted by Gasteiger charge is 2.20. The van der Waals surface area contributed by atoms with Crippen LogP contribution in [-0.2, 0) is 11.2 Å². The second kappa shape index (κ2) is 8.21. The van der Waals surface area contributed by atoms with Gasteiger partial charge in [-0.25, -0.2) is 4.98 Å². The van der Waals surface area contributed by atoms with Crippen LogP contribution in [-0.4, -0.2) is 40.9 Å². The van der Waals surface area contributed by atoms with E-state index in [1.54, 1.807) is 0 Å². The molecule has 0 aliphatic carbocycles. The number of hydrogen-bond acceptors (Lipinski definition) is 5. The Morgan fingerprint density at radius 2 is 2.15 bits per heavy atom. The zero-order valence-corrected chi connectivity index (χ0v) is 15.7. The highest BCUT2D eigenvalue weighted by atomic mass is 16.5. The maximum absolute atomic E-state index is 9.77. The summed E-state index contributed by atoms with van der Waals surface area (Å²) in [5.41, 5.74) is 6.01. The first-order chi connectivity index (χ1) is 13.1. The molecule has 3 aromatic rings. The minimum atomic E-state index is 0.00723. The smallest absolute Gasteiger partial charge is 0.157 e. The number of aliphatic hydroxyl groups excluding tert-OH is 1. The summed E-state index contributed by atoms with van der Waals surface area (Å²) in [7, 11) is 0. The second-order valence-corrected chi connectivity index (χ2v) is 6.60. The van der Waals surface area contributed by atoms with Gasteiger partial charge in [-0.3, -0.25) is 4.40 Å². The molecule has 0 radical (unpaired) electrons. The lowest BCUT2D eigenvalue weighted by Crippen LogP contribution is -2.16. The molecule has 0 saturated heterocycles. The molecule has 27 heavy (non-hydrogen) atoms. The number of hydrogen-bond donors (Lipinski definition) is 2. The Hall–Kier alpha value is -2.88. The van der Waals surface area contributed by atoms with Crippen molar-refractivity contribution in [1.29, 1.82) is 5.26 Å². The molecule has 0 aliphatic rings. The van der Waals surface area contributed by atoms with Crippen molar-refractivity contribution in [3.05, 3.63) is 53.1 Å². The Kier molecular flexibility index (Phi) is 5.75. The van der Waals surface area contributed by atoms with Crippen LogP contribution in [0.4, 0.5) is 5.82 Å². The van der Waals surface area contributed by atoms with E-state index in [0.717, 1.165) is 33.6 Å². The molecule has 3 rings (SSSR count). The summed E-state index contributed by atoms with van der Waals surface area (Å²) in [5, 5.41) is 22.1. The van der Waals surface area contributed by atoms with Gasteiger partial charge in [-0.2, -0.15) is 5.26 Å². The standard InChI is InChI=1S/C21H24N4O2/c1-14(2)12-16-15(3)17(13-22)21-24-18-6-4-5-7-19(18)25(21)20(16)23-8-10-27-11-9-26/h4-7,23,26H,1,8-12H2,2-3H3. The average molecular weight is 364 g/mol. The minimum Gasteiger partial charge on any atom is -0.394 e. The number of nitriles is 1. The van der Waals surface area contributed by atoms with E-state index < -0.39 is 0 Å². The molecule has 0 unspecified atom stereocenters. The summed E-state index contributed by atoms with van der Waals surface area (Å²) < 4.78 is 7.39. The molecular weight excluding hydrogens is 340 g/mol. The summed E-state index contributed by atoms with van der Waals surface area (Å²) in [6, 6.07) is 10.2. The van der Waals surface area contributed by atoms with Crippen molar-refractivity contribution in [1.82, 2.24) is 9.38 Å². The van der Waals surface area contributed by atoms with Gasteiger partial charge in [0, 0.05) is 12.1 Å². The fourth-order valence-corrected chi connectivity index (χ4v) is 3.30. The normalized spacial score (nSPS) is 11.0. The van der Waals surface area contributed by atoms with Crippen LogP contribution in [0.25, 0.3) is 16.7 Å². The third kappa shape index (κ3) is 3.65. The van der Waals surface area contributed by atoms with Gasteiger partial charge in [0.2, 0.25) is 0 Å². The number of aliphatic hydroxyl groups is 1. The van der Waals surface area contributed by atoms with Crippen molar-refractivity contribution in [3.63, 3.8) is 0 Å². The summed E-state index contributed by atoms with van der Waals surface area (Å²) in [5.74, 6) is 0.908. The highest BCUT2D eigenvalue weighted by molar-refractivity contribution is 5.86. The number of para-hydroxylation sites is 2. The number of aromatic nitrogens is 2. The zero-order chi connectivity index (χ0) is 19.4. The molecule has 0 saturated carbocycles. The highest BCUT2D eigenvalue weighted by Crippen LogP contribution is 2.32. The van der Waals surface area contributed by atoms with Crippen LogP contribution in [0.1, 0.15) is 23.6 Å². The number of fused-ring (bicyclic) bond motifs is 3. The molecule has 2 aromatic heterocycles. The van der Waals surface area contributed by atoms with E-state index >= 15 is 0 Å². The van der Waals surface area contributed by atoms with Crippen molar-refractivity contribution in [2.45, 2.75) is 20.3 Å². The molecule has 0 fully saturated rings. The molecular formula is C21H24N4O2. The molecule has 1 aromatic carbocycles. The number of imidazole rings is 1. The van der Waals surface area contributed by atoms with Crippen LogP contribution in [0, 0.1) is 18.3 Å². The van der Waals surface area contributed by atoms with Gasteiger partial charge in [-0.15, -0.1) is 0 Å². The fraction of sp³-hybridized carbons (Fsp3) is 0.333. The third-order valence-electron chi connectivity index (χ3n) is 4.49. The van der Waals surface area contributed by atoms with Gasteiger partial charge in [0.1, 0.15) is 11.9 Å². The van der Waals surface area contributed by atoms with Gasteiger partial charge in [0.05, 0.1) is 36.4 Å². The largest absolute Gasteiger partial charge is 0.394 e. The number of pyridine rings is 1. The number of nitrogens with zero attached hydrogens (tertiary/aromatic N) is 3. The predicted molar refractivity (Wildman–Crippen MR) is 107 cm³/mol. The van der Waals surface area contributed by atoms with Crippen LogP contribution >= 0.6 is 0 Å². The second-order valence-electron chi connectivity index (χ2n) is 6.60. The SMILES string of the molecule is C=C(C)Cc1c(C)c(C#N)c2nc3ccccc3n2c1NCCOCCO. The summed E-state index contributed by atoms with van der Waals surface area (Å²) in [6.45, 7) is 9.37. The Morgan fingerprint density at radius 1 is 1.37 bits per heavy atom. The van der Waals surface area contributed by atoms with Crippen molar-refractivity contribution < 1.29 is 9.84 Å². The number of allylic oxidation sites excluding steroid dienone is 1. The lowest BCUT2D eigenvalue weighted by molar-refractivity contribution is 0.0992. The number of anilines is 1. The minimum absolute atomic E-state index is 0.00723. The van der Waals surface area contributed by atoms with Crippen LogP contribution in [0.2, 0.25) is 0 Å². The topological polar surface area (TPSA) is 82.6 Å². The van der Waals surface area contributed by atoms with Crippen LogP contribution in [0.15, 0.2) is 36.4 Å². The number of nitrogens with one attached hydrogen (secondary N) is 1. The van der Waals surface area contributed by atoms with Crippen LogP contribution in [0.3, 0.4) is 0 Å². The predicted octanol–water partition coefficient (Wildman–Crippen LogP) is 3.21. The van der Waals surface area contributed by atoms with E-state index in [4.69, 9.17) is 14.8 Å². The Balaban J connectivity index is 2.21. The Labute approximate surface area is 158 Å². The molecule has 6 heteroatoms. The van der Waals surface area contributed by atoms with E-state index in [1.807, 2.05) is 42.5 Å². The van der Waals surface area contributed by atoms with Crippen molar-refractivity contribution in [2.75, 3.05) is 31.7 Å². The van der Waals surface area contributed by atoms with Gasteiger partial charge < -0.3 is 15.2 Å². The van der Waals surface area contributed by atoms with Crippen LogP contribution in [0.5, 0.6) is 0 Å². The maximum atomic E-state index is 9.77. The lowest BCUT2D eigenvalue weighted by atomic mass is 9.99. The van der Waals surface area contributed by atoms with Gasteiger partial charge in [-0.1, -0.05) is 24.3 Å². The van der Waals surface area contributed by atoms with Crippen molar-refractivity contribution >= 4 is 22.5 Å².